The molecule has 1 aromatic carbocycles. The van der Waals surface area contributed by atoms with Crippen molar-refractivity contribution in [2.24, 2.45) is 5.14 Å². The average Bonchev–Trinajstić information content (AvgIpc) is 2.93. The first-order valence-electron chi connectivity index (χ1n) is 5.92. The van der Waals surface area contributed by atoms with Crippen molar-refractivity contribution in [2.45, 2.75) is 11.4 Å². The largest absolute Gasteiger partial charge is 0.496 e. The van der Waals surface area contributed by atoms with Gasteiger partial charge >= 0.3 is 0 Å². The maximum absolute atomic E-state index is 11.9. The van der Waals surface area contributed by atoms with Gasteiger partial charge in [0, 0.05) is 18.0 Å². The van der Waals surface area contributed by atoms with Crippen LogP contribution in [-0.4, -0.2) is 21.4 Å². The van der Waals surface area contributed by atoms with Gasteiger partial charge in [0.1, 0.15) is 5.75 Å². The van der Waals surface area contributed by atoms with E-state index in [2.05, 4.69) is 5.32 Å². The maximum atomic E-state index is 11.9. The number of hydrogen-bond donors (Lipinski definition) is 2. The highest BCUT2D eigenvalue weighted by molar-refractivity contribution is 7.89. The number of nitrogens with two attached hydrogens (primary N) is 1. The molecule has 0 spiro atoms. The summed E-state index contributed by atoms with van der Waals surface area (Å²) in [5.74, 6) is 0.380. The molecule has 0 atom stereocenters. The van der Waals surface area contributed by atoms with Crippen LogP contribution in [-0.2, 0) is 16.6 Å². The molecule has 0 bridgehead atoms. The highest BCUT2D eigenvalue weighted by Gasteiger charge is 2.11. The summed E-state index contributed by atoms with van der Waals surface area (Å²) in [6.07, 6.45) is 0. The maximum Gasteiger partial charge on any atom is 0.261 e. The van der Waals surface area contributed by atoms with Crippen molar-refractivity contribution in [3.8, 4) is 5.75 Å². The van der Waals surface area contributed by atoms with Crippen LogP contribution in [0.5, 0.6) is 5.75 Å². The minimum atomic E-state index is -3.74. The third-order valence-corrected chi connectivity index (χ3v) is 4.53. The summed E-state index contributed by atoms with van der Waals surface area (Å²) >= 11 is 1.27. The van der Waals surface area contributed by atoms with Gasteiger partial charge in [-0.3, -0.25) is 4.79 Å². The topological polar surface area (TPSA) is 98.5 Å². The van der Waals surface area contributed by atoms with Gasteiger partial charge in [-0.1, -0.05) is 12.1 Å². The van der Waals surface area contributed by atoms with E-state index in [1.807, 2.05) is 0 Å². The van der Waals surface area contributed by atoms with Gasteiger partial charge < -0.3 is 10.1 Å². The molecule has 0 aliphatic rings. The number of sulfonamides is 1. The normalized spacial score (nSPS) is 11.1. The molecule has 0 unspecified atom stereocenters. The van der Waals surface area contributed by atoms with Crippen LogP contribution in [0.1, 0.15) is 15.2 Å². The van der Waals surface area contributed by atoms with Gasteiger partial charge in [0.15, 0.2) is 0 Å². The first-order chi connectivity index (χ1) is 9.90. The van der Waals surface area contributed by atoms with Crippen molar-refractivity contribution in [2.75, 3.05) is 7.11 Å². The molecule has 2 aromatic rings. The van der Waals surface area contributed by atoms with Crippen LogP contribution in [0, 0.1) is 0 Å². The summed E-state index contributed by atoms with van der Waals surface area (Å²) in [5.41, 5.74) is 0.651. The lowest BCUT2D eigenvalue weighted by atomic mass is 10.2. The van der Waals surface area contributed by atoms with Crippen LogP contribution in [0.4, 0.5) is 0 Å². The van der Waals surface area contributed by atoms with Gasteiger partial charge in [-0.15, -0.1) is 11.3 Å². The van der Waals surface area contributed by atoms with E-state index in [4.69, 9.17) is 9.88 Å². The first-order valence-corrected chi connectivity index (χ1v) is 8.35. The van der Waals surface area contributed by atoms with E-state index < -0.39 is 10.0 Å². The Morgan fingerprint density at radius 3 is 2.76 bits per heavy atom. The van der Waals surface area contributed by atoms with E-state index in [0.29, 0.717) is 16.2 Å². The lowest BCUT2D eigenvalue weighted by Crippen LogP contribution is -2.22. The predicted molar refractivity (Wildman–Crippen MR) is 79.9 cm³/mol. The molecule has 21 heavy (non-hydrogen) atoms. The number of benzene rings is 1. The zero-order chi connectivity index (χ0) is 15.5. The van der Waals surface area contributed by atoms with Gasteiger partial charge in [0.25, 0.3) is 5.91 Å². The molecule has 0 fully saturated rings. The Labute approximate surface area is 126 Å². The monoisotopic (exact) mass is 326 g/mol. The van der Waals surface area contributed by atoms with Crippen LogP contribution in [0.2, 0.25) is 0 Å². The molecule has 0 saturated heterocycles. The summed E-state index contributed by atoms with van der Waals surface area (Å²) < 4.78 is 27.5. The van der Waals surface area contributed by atoms with Gasteiger partial charge in [-0.2, -0.15) is 0 Å². The number of methoxy groups -OCH3 is 1. The van der Waals surface area contributed by atoms with Gasteiger partial charge in [0.2, 0.25) is 10.0 Å². The number of rotatable bonds is 5. The lowest BCUT2D eigenvalue weighted by molar-refractivity contribution is 0.0954. The van der Waals surface area contributed by atoms with Crippen molar-refractivity contribution < 1.29 is 17.9 Å². The number of hydrogen-bond acceptors (Lipinski definition) is 5. The zero-order valence-electron chi connectivity index (χ0n) is 11.2. The quantitative estimate of drug-likeness (QED) is 0.866. The standard InChI is InChI=1S/C13H14N2O4S2/c1-19-10-6-12(20-8-10)13(16)15-7-9-3-2-4-11(5-9)21(14,17)18/h2-6,8H,7H2,1H3,(H,15,16)(H2,14,17,18). The first kappa shape index (κ1) is 15.5. The molecule has 1 aromatic heterocycles. The number of ether oxygens (including phenoxy) is 1. The minimum absolute atomic E-state index is 0.0204. The molecule has 6 nitrogen and oxygen atoms in total. The van der Waals surface area contributed by atoms with E-state index in [9.17, 15) is 13.2 Å². The van der Waals surface area contributed by atoms with Crippen LogP contribution in [0.15, 0.2) is 40.6 Å². The number of carbonyl (C=O) groups excluding carboxylic acids is 1. The molecule has 2 rings (SSSR count). The van der Waals surface area contributed by atoms with E-state index in [-0.39, 0.29) is 17.3 Å². The molecular formula is C13H14N2O4S2. The van der Waals surface area contributed by atoms with E-state index >= 15 is 0 Å². The van der Waals surface area contributed by atoms with Gasteiger partial charge in [0.05, 0.1) is 16.9 Å². The fourth-order valence-electron chi connectivity index (χ4n) is 1.65. The van der Waals surface area contributed by atoms with Crippen molar-refractivity contribution in [3.05, 3.63) is 46.2 Å². The molecule has 0 aliphatic heterocycles. The zero-order valence-corrected chi connectivity index (χ0v) is 12.8. The van der Waals surface area contributed by atoms with Gasteiger partial charge in [-0.05, 0) is 17.7 Å². The number of carbonyl (C=O) groups is 1. The Morgan fingerprint density at radius 1 is 1.38 bits per heavy atom. The van der Waals surface area contributed by atoms with E-state index in [0.717, 1.165) is 0 Å². The fourth-order valence-corrected chi connectivity index (χ4v) is 3.00. The molecule has 8 heteroatoms. The Bertz CT molecular complexity index is 753. The molecule has 1 amide bonds. The molecule has 112 valence electrons. The van der Waals surface area contributed by atoms with Crippen LogP contribution in [0.25, 0.3) is 0 Å². The molecule has 3 N–H and O–H groups in total. The predicted octanol–water partition coefficient (Wildman–Crippen LogP) is 1.33. The Hall–Kier alpha value is -1.90. The molecule has 0 aliphatic carbocycles. The van der Waals surface area contributed by atoms with Crippen molar-refractivity contribution in [1.82, 2.24) is 5.32 Å². The third kappa shape index (κ3) is 4.03. The number of amides is 1. The molecule has 0 radical (unpaired) electrons. The summed E-state index contributed by atoms with van der Waals surface area (Å²) in [6.45, 7) is 0.211. The Balaban J connectivity index is 2.04. The second kappa shape index (κ2) is 6.25. The SMILES string of the molecule is COc1csc(C(=O)NCc2cccc(S(N)(=O)=O)c2)c1. The van der Waals surface area contributed by atoms with Gasteiger partial charge in [-0.25, -0.2) is 13.6 Å². The summed E-state index contributed by atoms with van der Waals surface area (Å²) in [5, 5.41) is 9.51. The lowest BCUT2D eigenvalue weighted by Gasteiger charge is -2.05. The van der Waals surface area contributed by atoms with Crippen LogP contribution < -0.4 is 15.2 Å². The molecule has 0 saturated carbocycles. The van der Waals surface area contributed by atoms with Crippen molar-refractivity contribution in [3.63, 3.8) is 0 Å². The van der Waals surface area contributed by atoms with Crippen molar-refractivity contribution >= 4 is 27.3 Å². The third-order valence-electron chi connectivity index (χ3n) is 2.71. The highest BCUT2D eigenvalue weighted by Crippen LogP contribution is 2.21. The summed E-state index contributed by atoms with van der Waals surface area (Å²) in [6, 6.07) is 7.77. The van der Waals surface area contributed by atoms with E-state index in [1.54, 1.807) is 23.6 Å². The highest BCUT2D eigenvalue weighted by atomic mass is 32.2. The fraction of sp³-hybridized carbons (Fsp3) is 0.154. The Morgan fingerprint density at radius 2 is 2.14 bits per heavy atom. The van der Waals surface area contributed by atoms with Crippen molar-refractivity contribution in [1.29, 1.82) is 0 Å². The Kier molecular flexibility index (Phi) is 4.61. The number of primary sulfonamides is 1. The number of thiophene rings is 1. The minimum Gasteiger partial charge on any atom is -0.496 e. The second-order valence-electron chi connectivity index (χ2n) is 4.23. The summed E-state index contributed by atoms with van der Waals surface area (Å²) in [7, 11) is -2.21. The average molecular weight is 326 g/mol. The smallest absolute Gasteiger partial charge is 0.261 e. The van der Waals surface area contributed by atoms with Crippen LogP contribution >= 0.6 is 11.3 Å². The summed E-state index contributed by atoms with van der Waals surface area (Å²) in [4.78, 5) is 12.5. The molecule has 1 heterocycles. The van der Waals surface area contributed by atoms with Crippen LogP contribution in [0.3, 0.4) is 0 Å². The number of nitrogens with one attached hydrogen (secondary N) is 1. The molecular weight excluding hydrogens is 312 g/mol. The van der Waals surface area contributed by atoms with E-state index in [1.165, 1.54) is 30.6 Å². The second-order valence-corrected chi connectivity index (χ2v) is 6.70.